The molecule has 1 atom stereocenters. The number of benzene rings is 2. The maximum Gasteiger partial charge on any atom is 0.338 e. The lowest BCUT2D eigenvalue weighted by Gasteiger charge is -2.33. The highest BCUT2D eigenvalue weighted by molar-refractivity contribution is 8.16. The van der Waals surface area contributed by atoms with E-state index in [0.717, 1.165) is 22.0 Å². The Balaban J connectivity index is 1.56. The molecule has 0 fully saturated rings. The Bertz CT molecular complexity index is 1020. The molecule has 0 aliphatic carbocycles. The number of thioether (sulfide) groups is 1. The van der Waals surface area contributed by atoms with Crippen LogP contribution in [0.3, 0.4) is 0 Å². The van der Waals surface area contributed by atoms with Crippen molar-refractivity contribution in [2.75, 3.05) is 6.61 Å². The Morgan fingerprint density at radius 2 is 1.83 bits per heavy atom. The molecule has 2 aliphatic heterocycles. The minimum atomic E-state index is -0.326. The summed E-state index contributed by atoms with van der Waals surface area (Å²) in [6.07, 6.45) is 1.96. The van der Waals surface area contributed by atoms with Crippen LogP contribution in [-0.4, -0.2) is 22.6 Å². The first-order chi connectivity index (χ1) is 14.6. The van der Waals surface area contributed by atoms with E-state index in [1.807, 2.05) is 54.6 Å². The number of hydrogen-bond donors (Lipinski definition) is 0. The minimum absolute atomic E-state index is 0.269. The SMILES string of the molecule is CCOC(=O)C1=C(C)N=C2SC=CN2[C@H]1c1ccc(OCc2ccc(C)cc2)cc1. The van der Waals surface area contributed by atoms with Crippen LogP contribution in [0, 0.1) is 6.92 Å². The van der Waals surface area contributed by atoms with E-state index < -0.39 is 0 Å². The smallest absolute Gasteiger partial charge is 0.338 e. The average molecular weight is 421 g/mol. The molecule has 154 valence electrons. The number of allylic oxidation sites excluding steroid dienone is 1. The molecule has 0 radical (unpaired) electrons. The van der Waals surface area contributed by atoms with E-state index in [9.17, 15) is 4.79 Å². The normalized spacial score (nSPS) is 17.6. The zero-order valence-electron chi connectivity index (χ0n) is 17.3. The molecule has 0 aromatic heterocycles. The molecule has 2 aromatic rings. The van der Waals surface area contributed by atoms with E-state index in [4.69, 9.17) is 9.47 Å². The van der Waals surface area contributed by atoms with Crippen LogP contribution >= 0.6 is 11.8 Å². The van der Waals surface area contributed by atoms with Gasteiger partial charge in [-0.25, -0.2) is 9.79 Å². The van der Waals surface area contributed by atoms with Crippen LogP contribution in [0.5, 0.6) is 5.75 Å². The number of amidine groups is 1. The highest BCUT2D eigenvalue weighted by Crippen LogP contribution is 2.41. The summed E-state index contributed by atoms with van der Waals surface area (Å²) in [5.41, 5.74) is 4.61. The molecule has 0 saturated carbocycles. The average Bonchev–Trinajstić information content (AvgIpc) is 3.21. The number of ether oxygens (including phenoxy) is 2. The van der Waals surface area contributed by atoms with E-state index in [2.05, 4.69) is 36.2 Å². The first kappa shape index (κ1) is 20.3. The summed E-state index contributed by atoms with van der Waals surface area (Å²) in [5, 5.41) is 2.84. The summed E-state index contributed by atoms with van der Waals surface area (Å²) in [6, 6.07) is 15.9. The Kier molecular flexibility index (Phi) is 5.95. The predicted molar refractivity (Wildman–Crippen MR) is 120 cm³/mol. The van der Waals surface area contributed by atoms with Gasteiger partial charge in [0.2, 0.25) is 0 Å². The minimum Gasteiger partial charge on any atom is -0.489 e. The summed E-state index contributed by atoms with van der Waals surface area (Å²) in [6.45, 7) is 6.58. The van der Waals surface area contributed by atoms with Crippen molar-refractivity contribution in [1.82, 2.24) is 4.90 Å². The van der Waals surface area contributed by atoms with Crippen molar-refractivity contribution in [3.05, 3.63) is 88.1 Å². The number of nitrogens with zero attached hydrogens (tertiary/aromatic N) is 2. The highest BCUT2D eigenvalue weighted by Gasteiger charge is 2.37. The zero-order chi connectivity index (χ0) is 21.1. The second-order valence-electron chi connectivity index (χ2n) is 7.17. The number of rotatable bonds is 6. The van der Waals surface area contributed by atoms with Gasteiger partial charge in [0.1, 0.15) is 12.4 Å². The number of carbonyl (C=O) groups is 1. The van der Waals surface area contributed by atoms with E-state index >= 15 is 0 Å². The monoisotopic (exact) mass is 420 g/mol. The summed E-state index contributed by atoms with van der Waals surface area (Å²) in [7, 11) is 0. The standard InChI is InChI=1S/C24H24N2O3S/c1-4-28-23(27)21-17(3)25-24-26(13-14-30-24)22(21)19-9-11-20(12-10-19)29-15-18-7-5-16(2)6-8-18/h5-14,22H,4,15H2,1-3H3/t22-/m0/s1. The molecular formula is C24H24N2O3S. The summed E-state index contributed by atoms with van der Waals surface area (Å²) < 4.78 is 11.3. The largest absolute Gasteiger partial charge is 0.489 e. The first-order valence-electron chi connectivity index (χ1n) is 9.93. The second kappa shape index (κ2) is 8.79. The maximum atomic E-state index is 12.7. The molecule has 6 heteroatoms. The van der Waals surface area contributed by atoms with Gasteiger partial charge >= 0.3 is 5.97 Å². The lowest BCUT2D eigenvalue weighted by Crippen LogP contribution is -2.34. The Labute approximate surface area is 181 Å². The van der Waals surface area contributed by atoms with Crippen LogP contribution in [0.25, 0.3) is 0 Å². The van der Waals surface area contributed by atoms with E-state index in [1.165, 1.54) is 5.56 Å². The van der Waals surface area contributed by atoms with Gasteiger partial charge in [-0.05, 0) is 49.4 Å². The lowest BCUT2D eigenvalue weighted by molar-refractivity contribution is -0.139. The van der Waals surface area contributed by atoms with Crippen molar-refractivity contribution in [3.8, 4) is 5.75 Å². The van der Waals surface area contributed by atoms with Gasteiger partial charge in [0.05, 0.1) is 23.9 Å². The molecule has 5 nitrogen and oxygen atoms in total. The molecule has 2 aromatic carbocycles. The van der Waals surface area contributed by atoms with Gasteiger partial charge in [0.15, 0.2) is 5.17 Å². The molecule has 4 rings (SSSR count). The fraction of sp³-hybridized carbons (Fsp3) is 0.250. The van der Waals surface area contributed by atoms with Gasteiger partial charge in [-0.15, -0.1) is 0 Å². The van der Waals surface area contributed by atoms with Crippen LogP contribution in [0.2, 0.25) is 0 Å². The molecule has 0 spiro atoms. The molecule has 2 aliphatic rings. The van der Waals surface area contributed by atoms with Gasteiger partial charge in [-0.3, -0.25) is 0 Å². The van der Waals surface area contributed by atoms with E-state index in [0.29, 0.717) is 24.5 Å². The summed E-state index contributed by atoms with van der Waals surface area (Å²) in [4.78, 5) is 19.3. The predicted octanol–water partition coefficient (Wildman–Crippen LogP) is 5.34. The van der Waals surface area contributed by atoms with Gasteiger partial charge in [0.25, 0.3) is 0 Å². The third-order valence-electron chi connectivity index (χ3n) is 5.04. The highest BCUT2D eigenvalue weighted by atomic mass is 32.2. The van der Waals surface area contributed by atoms with E-state index in [1.54, 1.807) is 11.8 Å². The second-order valence-corrected chi connectivity index (χ2v) is 8.04. The number of carbonyl (C=O) groups excluding carboxylic acids is 1. The Morgan fingerprint density at radius 3 is 2.53 bits per heavy atom. The zero-order valence-corrected chi connectivity index (χ0v) is 18.1. The van der Waals surface area contributed by atoms with Crippen LogP contribution in [0.1, 0.15) is 36.6 Å². The van der Waals surface area contributed by atoms with Crippen molar-refractivity contribution in [2.24, 2.45) is 4.99 Å². The molecule has 2 heterocycles. The van der Waals surface area contributed by atoms with Crippen LogP contribution < -0.4 is 4.74 Å². The Hall–Kier alpha value is -2.99. The summed E-state index contributed by atoms with van der Waals surface area (Å²) >= 11 is 1.55. The van der Waals surface area contributed by atoms with Crippen LogP contribution in [0.4, 0.5) is 0 Å². The van der Waals surface area contributed by atoms with Crippen LogP contribution in [0.15, 0.2) is 76.4 Å². The quantitative estimate of drug-likeness (QED) is 0.590. The fourth-order valence-electron chi connectivity index (χ4n) is 3.50. The number of hydrogen-bond acceptors (Lipinski definition) is 6. The van der Waals surface area contributed by atoms with Crippen molar-refractivity contribution >= 4 is 22.9 Å². The number of aliphatic imine (C=N–C) groups is 1. The number of fused-ring (bicyclic) bond motifs is 1. The van der Waals surface area contributed by atoms with Crippen molar-refractivity contribution in [3.63, 3.8) is 0 Å². The molecular weight excluding hydrogens is 396 g/mol. The van der Waals surface area contributed by atoms with E-state index in [-0.39, 0.29) is 12.0 Å². The fourth-order valence-corrected chi connectivity index (χ4v) is 4.29. The lowest BCUT2D eigenvalue weighted by atomic mass is 9.95. The Morgan fingerprint density at radius 1 is 1.10 bits per heavy atom. The topological polar surface area (TPSA) is 51.1 Å². The van der Waals surface area contributed by atoms with Crippen molar-refractivity contribution in [2.45, 2.75) is 33.4 Å². The number of esters is 1. The van der Waals surface area contributed by atoms with Gasteiger partial charge in [0, 0.05) is 6.20 Å². The van der Waals surface area contributed by atoms with Gasteiger partial charge in [-0.2, -0.15) is 0 Å². The molecule has 0 N–H and O–H groups in total. The van der Waals surface area contributed by atoms with Crippen LogP contribution in [-0.2, 0) is 16.1 Å². The summed E-state index contributed by atoms with van der Waals surface area (Å²) in [5.74, 6) is 0.460. The first-order valence-corrected chi connectivity index (χ1v) is 10.8. The molecule has 30 heavy (non-hydrogen) atoms. The van der Waals surface area contributed by atoms with Crippen molar-refractivity contribution < 1.29 is 14.3 Å². The van der Waals surface area contributed by atoms with Gasteiger partial charge < -0.3 is 14.4 Å². The third kappa shape index (κ3) is 4.14. The number of aryl methyl sites for hydroxylation is 1. The van der Waals surface area contributed by atoms with Crippen molar-refractivity contribution in [1.29, 1.82) is 0 Å². The molecule has 0 amide bonds. The third-order valence-corrected chi connectivity index (χ3v) is 5.81. The molecule has 0 bridgehead atoms. The molecule has 0 saturated heterocycles. The maximum absolute atomic E-state index is 12.7. The molecule has 0 unspecified atom stereocenters. The van der Waals surface area contributed by atoms with Gasteiger partial charge in [-0.1, -0.05) is 53.7 Å².